The largest absolute Gasteiger partial charge is 0.474 e. The molecule has 0 spiro atoms. The quantitative estimate of drug-likeness (QED) is 0.695. The highest BCUT2D eigenvalue weighted by Crippen LogP contribution is 2.23. The van der Waals surface area contributed by atoms with Crippen LogP contribution in [0.3, 0.4) is 0 Å². The van der Waals surface area contributed by atoms with Crippen molar-refractivity contribution in [2.75, 3.05) is 11.9 Å². The molecule has 8 heteroatoms. The molecule has 2 aromatic rings. The minimum Gasteiger partial charge on any atom is -0.474 e. The molecule has 0 bridgehead atoms. The van der Waals surface area contributed by atoms with Crippen LogP contribution in [0.2, 0.25) is 0 Å². The summed E-state index contributed by atoms with van der Waals surface area (Å²) in [6.07, 6.45) is 8.33. The number of pyridine rings is 1. The van der Waals surface area contributed by atoms with E-state index < -0.39 is 6.10 Å². The first kappa shape index (κ1) is 17.4. The van der Waals surface area contributed by atoms with Crippen molar-refractivity contribution < 1.29 is 19.7 Å². The van der Waals surface area contributed by atoms with Crippen molar-refractivity contribution in [3.05, 3.63) is 36.3 Å². The fraction of sp³-hybridized carbons (Fsp3) is 0.471. The zero-order valence-corrected chi connectivity index (χ0v) is 13.8. The number of aliphatic hydroxyl groups excluding tert-OH is 2. The van der Waals surface area contributed by atoms with Gasteiger partial charge < -0.3 is 20.3 Å². The van der Waals surface area contributed by atoms with Crippen molar-refractivity contribution in [2.24, 2.45) is 0 Å². The predicted octanol–water partition coefficient (Wildman–Crippen LogP) is 1.20. The average Bonchev–Trinajstić information content (AvgIpc) is 3.28. The molecule has 0 radical (unpaired) electrons. The fourth-order valence-electron chi connectivity index (χ4n) is 2.76. The van der Waals surface area contributed by atoms with Gasteiger partial charge in [0.2, 0.25) is 5.88 Å². The molecule has 1 amide bonds. The summed E-state index contributed by atoms with van der Waals surface area (Å²) in [7, 11) is 0. The number of carbonyl (C=O) groups is 1. The lowest BCUT2D eigenvalue weighted by atomic mass is 10.3. The van der Waals surface area contributed by atoms with E-state index in [1.807, 2.05) is 0 Å². The second-order valence-electron chi connectivity index (χ2n) is 6.15. The van der Waals surface area contributed by atoms with Crippen LogP contribution in [0, 0.1) is 0 Å². The van der Waals surface area contributed by atoms with E-state index in [1.165, 1.54) is 29.9 Å². The molecule has 1 saturated carbocycles. The summed E-state index contributed by atoms with van der Waals surface area (Å²) in [6, 6.07) is 3.49. The van der Waals surface area contributed by atoms with Gasteiger partial charge in [0.05, 0.1) is 42.9 Å². The molecule has 0 aliphatic heterocycles. The minimum absolute atomic E-state index is 0.124. The number of aromatic nitrogens is 3. The monoisotopic (exact) mass is 346 g/mol. The zero-order valence-electron chi connectivity index (χ0n) is 13.8. The molecule has 8 nitrogen and oxygen atoms in total. The van der Waals surface area contributed by atoms with Gasteiger partial charge in [-0.05, 0) is 31.7 Å². The first-order valence-corrected chi connectivity index (χ1v) is 8.39. The number of hydrogen-bond acceptors (Lipinski definition) is 6. The Balaban J connectivity index is 1.55. The van der Waals surface area contributed by atoms with E-state index in [-0.39, 0.29) is 25.2 Å². The maximum Gasteiger partial charge on any atom is 0.258 e. The van der Waals surface area contributed by atoms with Crippen molar-refractivity contribution in [2.45, 2.75) is 44.4 Å². The molecule has 25 heavy (non-hydrogen) atoms. The molecule has 134 valence electrons. The number of aliphatic hydroxyl groups is 2. The highest BCUT2D eigenvalue weighted by atomic mass is 16.5. The summed E-state index contributed by atoms with van der Waals surface area (Å²) in [5.74, 6) is 0.242. The fourth-order valence-corrected chi connectivity index (χ4v) is 2.76. The normalized spacial score (nSPS) is 15.9. The third kappa shape index (κ3) is 4.77. The van der Waals surface area contributed by atoms with Crippen molar-refractivity contribution >= 4 is 11.6 Å². The molecule has 1 fully saturated rings. The van der Waals surface area contributed by atoms with Gasteiger partial charge in [0, 0.05) is 12.3 Å². The standard InChI is InChI=1S/C17H22N4O4/c22-11-14(23)10-21-9-12(7-19-21)17(24)20-13-5-6-16(18-8-13)25-15-3-1-2-4-15/h5-9,14-15,22-23H,1-4,10-11H2,(H,20,24)/t14-/m0/s1. The molecule has 1 aliphatic carbocycles. The minimum atomic E-state index is -0.910. The van der Waals surface area contributed by atoms with Crippen LogP contribution >= 0.6 is 0 Å². The SMILES string of the molecule is O=C(Nc1ccc(OC2CCCC2)nc1)c1cnn(C[C@H](O)CO)c1. The summed E-state index contributed by atoms with van der Waals surface area (Å²) < 4.78 is 7.20. The molecular weight excluding hydrogens is 324 g/mol. The Morgan fingerprint density at radius 2 is 2.16 bits per heavy atom. The van der Waals surface area contributed by atoms with E-state index in [4.69, 9.17) is 9.84 Å². The van der Waals surface area contributed by atoms with Gasteiger partial charge in [-0.15, -0.1) is 0 Å². The van der Waals surface area contributed by atoms with Gasteiger partial charge in [-0.2, -0.15) is 5.10 Å². The Labute approximate surface area is 145 Å². The maximum absolute atomic E-state index is 12.2. The van der Waals surface area contributed by atoms with Crippen molar-refractivity contribution in [3.63, 3.8) is 0 Å². The van der Waals surface area contributed by atoms with Gasteiger partial charge >= 0.3 is 0 Å². The number of carbonyl (C=O) groups excluding carboxylic acids is 1. The van der Waals surface area contributed by atoms with Crippen LogP contribution in [0.1, 0.15) is 36.0 Å². The number of rotatable bonds is 7. The highest BCUT2D eigenvalue weighted by molar-refractivity contribution is 6.03. The number of nitrogens with one attached hydrogen (secondary N) is 1. The topological polar surface area (TPSA) is 110 Å². The van der Waals surface area contributed by atoms with Crippen LogP contribution < -0.4 is 10.1 Å². The third-order valence-corrected chi connectivity index (χ3v) is 4.09. The molecule has 1 aliphatic rings. The highest BCUT2D eigenvalue weighted by Gasteiger charge is 2.17. The number of nitrogens with zero attached hydrogens (tertiary/aromatic N) is 3. The van der Waals surface area contributed by atoms with Crippen LogP contribution in [0.15, 0.2) is 30.7 Å². The smallest absolute Gasteiger partial charge is 0.258 e. The van der Waals surface area contributed by atoms with Gasteiger partial charge in [0.15, 0.2) is 0 Å². The number of amides is 1. The Bertz CT molecular complexity index is 695. The molecule has 3 rings (SSSR count). The van der Waals surface area contributed by atoms with Gasteiger partial charge in [0.1, 0.15) is 6.10 Å². The first-order valence-electron chi connectivity index (χ1n) is 8.39. The van der Waals surface area contributed by atoms with E-state index in [9.17, 15) is 9.90 Å². The van der Waals surface area contributed by atoms with Crippen LogP contribution in [0.4, 0.5) is 5.69 Å². The Morgan fingerprint density at radius 1 is 1.36 bits per heavy atom. The van der Waals surface area contributed by atoms with Crippen molar-refractivity contribution in [1.82, 2.24) is 14.8 Å². The zero-order chi connectivity index (χ0) is 17.6. The lowest BCUT2D eigenvalue weighted by Gasteiger charge is -2.12. The maximum atomic E-state index is 12.2. The number of anilines is 1. The van der Waals surface area contributed by atoms with E-state index in [2.05, 4.69) is 15.4 Å². The van der Waals surface area contributed by atoms with Crippen LogP contribution in [-0.2, 0) is 6.54 Å². The third-order valence-electron chi connectivity index (χ3n) is 4.09. The molecule has 1 atom stereocenters. The van der Waals surface area contributed by atoms with Gasteiger partial charge in [-0.1, -0.05) is 0 Å². The summed E-state index contributed by atoms with van der Waals surface area (Å²) >= 11 is 0. The molecule has 0 aromatic carbocycles. The molecule has 2 heterocycles. The lowest BCUT2D eigenvalue weighted by Crippen LogP contribution is -2.20. The first-order chi connectivity index (χ1) is 12.1. The molecule has 0 unspecified atom stereocenters. The number of ether oxygens (including phenoxy) is 1. The number of hydrogen-bond donors (Lipinski definition) is 3. The second kappa shape index (κ2) is 8.09. The second-order valence-corrected chi connectivity index (χ2v) is 6.15. The molecule has 2 aromatic heterocycles. The summed E-state index contributed by atoms with van der Waals surface area (Å²) in [5.41, 5.74) is 0.920. The van der Waals surface area contributed by atoms with Crippen LogP contribution in [0.5, 0.6) is 5.88 Å². The summed E-state index contributed by atoms with van der Waals surface area (Å²) in [5, 5.41) is 24.9. The van der Waals surface area contributed by atoms with Gasteiger partial charge in [-0.3, -0.25) is 9.48 Å². The van der Waals surface area contributed by atoms with E-state index in [0.29, 0.717) is 17.1 Å². The molecular formula is C17H22N4O4. The van der Waals surface area contributed by atoms with E-state index >= 15 is 0 Å². The average molecular weight is 346 g/mol. The van der Waals surface area contributed by atoms with E-state index in [1.54, 1.807) is 18.3 Å². The van der Waals surface area contributed by atoms with Crippen molar-refractivity contribution in [3.8, 4) is 5.88 Å². The van der Waals surface area contributed by atoms with Crippen LogP contribution in [-0.4, -0.2) is 49.7 Å². The molecule has 3 N–H and O–H groups in total. The lowest BCUT2D eigenvalue weighted by molar-refractivity contribution is 0.0782. The van der Waals surface area contributed by atoms with Crippen molar-refractivity contribution in [1.29, 1.82) is 0 Å². The van der Waals surface area contributed by atoms with Gasteiger partial charge in [-0.25, -0.2) is 4.98 Å². The molecule has 0 saturated heterocycles. The van der Waals surface area contributed by atoms with E-state index in [0.717, 1.165) is 12.8 Å². The van der Waals surface area contributed by atoms with Crippen LogP contribution in [0.25, 0.3) is 0 Å². The summed E-state index contributed by atoms with van der Waals surface area (Å²) in [6.45, 7) is -0.235. The Kier molecular flexibility index (Phi) is 5.62. The Morgan fingerprint density at radius 3 is 2.84 bits per heavy atom. The predicted molar refractivity (Wildman–Crippen MR) is 90.4 cm³/mol. The Hall–Kier alpha value is -2.45. The summed E-state index contributed by atoms with van der Waals surface area (Å²) in [4.78, 5) is 16.4. The van der Waals surface area contributed by atoms with Gasteiger partial charge in [0.25, 0.3) is 5.91 Å².